The summed E-state index contributed by atoms with van der Waals surface area (Å²) in [7, 11) is 0. The third kappa shape index (κ3) is 2.84. The molecule has 0 radical (unpaired) electrons. The Labute approximate surface area is 107 Å². The van der Waals surface area contributed by atoms with E-state index in [1.807, 2.05) is 25.1 Å². The highest BCUT2D eigenvalue weighted by molar-refractivity contribution is 7.22. The van der Waals surface area contributed by atoms with Crippen LogP contribution in [0.4, 0.5) is 5.13 Å². The number of hydrogen-bond acceptors (Lipinski definition) is 4. The van der Waals surface area contributed by atoms with E-state index in [1.54, 1.807) is 0 Å². The summed E-state index contributed by atoms with van der Waals surface area (Å²) in [5, 5.41) is 11.6. The lowest BCUT2D eigenvalue weighted by atomic mass is 10.2. The number of nitrogens with one attached hydrogen (secondary N) is 1. The van der Waals surface area contributed by atoms with Crippen molar-refractivity contribution >= 4 is 38.6 Å². The Balaban J connectivity index is 2.10. The van der Waals surface area contributed by atoms with Crippen LogP contribution in [0.5, 0.6) is 0 Å². The van der Waals surface area contributed by atoms with Gasteiger partial charge in [-0.05, 0) is 18.6 Å². The number of benzene rings is 1. The normalized spacial score (nSPS) is 10.5. The highest BCUT2D eigenvalue weighted by Gasteiger charge is 2.10. The molecule has 0 spiro atoms. The van der Waals surface area contributed by atoms with Gasteiger partial charge in [0.2, 0.25) is 5.91 Å². The molecule has 0 unspecified atom stereocenters. The van der Waals surface area contributed by atoms with E-state index in [0.29, 0.717) is 5.13 Å². The van der Waals surface area contributed by atoms with Crippen molar-refractivity contribution in [2.24, 2.45) is 0 Å². The van der Waals surface area contributed by atoms with Crippen LogP contribution in [-0.4, -0.2) is 22.0 Å². The minimum absolute atomic E-state index is 0.0375. The van der Waals surface area contributed by atoms with Crippen molar-refractivity contribution in [1.82, 2.24) is 4.98 Å². The molecule has 1 heterocycles. The van der Waals surface area contributed by atoms with Crippen molar-refractivity contribution in [3.8, 4) is 0 Å². The minimum atomic E-state index is -0.981. The molecule has 0 atom stereocenters. The van der Waals surface area contributed by atoms with Gasteiger partial charge in [-0.1, -0.05) is 23.5 Å². The molecule has 0 bridgehead atoms. The molecule has 94 valence electrons. The maximum atomic E-state index is 11.5. The van der Waals surface area contributed by atoms with E-state index in [1.165, 1.54) is 11.3 Å². The summed E-state index contributed by atoms with van der Waals surface area (Å²) < 4.78 is 1.00. The second kappa shape index (κ2) is 5.14. The highest BCUT2D eigenvalue weighted by atomic mass is 32.1. The van der Waals surface area contributed by atoms with Gasteiger partial charge in [0.25, 0.3) is 0 Å². The van der Waals surface area contributed by atoms with Gasteiger partial charge in [0.1, 0.15) is 0 Å². The number of carboxylic acid groups (broad SMARTS) is 1. The van der Waals surface area contributed by atoms with Crippen LogP contribution in [0.1, 0.15) is 18.4 Å². The Morgan fingerprint density at radius 1 is 1.39 bits per heavy atom. The Hall–Kier alpha value is -1.95. The van der Waals surface area contributed by atoms with Gasteiger partial charge < -0.3 is 10.4 Å². The van der Waals surface area contributed by atoms with Crippen molar-refractivity contribution in [3.05, 3.63) is 23.8 Å². The number of carbonyl (C=O) groups excluding carboxylic acids is 1. The fourth-order valence-electron chi connectivity index (χ4n) is 1.54. The number of aliphatic carboxylic acids is 1. The van der Waals surface area contributed by atoms with E-state index in [9.17, 15) is 9.59 Å². The zero-order chi connectivity index (χ0) is 13.1. The molecule has 0 saturated carbocycles. The Morgan fingerprint density at radius 3 is 2.83 bits per heavy atom. The number of anilines is 1. The summed E-state index contributed by atoms with van der Waals surface area (Å²) in [5.74, 6) is -1.31. The maximum absolute atomic E-state index is 11.5. The van der Waals surface area contributed by atoms with E-state index < -0.39 is 5.97 Å². The first kappa shape index (κ1) is 12.5. The van der Waals surface area contributed by atoms with Crippen molar-refractivity contribution in [2.75, 3.05) is 5.32 Å². The largest absolute Gasteiger partial charge is 0.481 e. The number of para-hydroxylation sites is 1. The van der Waals surface area contributed by atoms with Crippen molar-refractivity contribution in [3.63, 3.8) is 0 Å². The number of hydrogen-bond donors (Lipinski definition) is 2. The Kier molecular flexibility index (Phi) is 3.57. The summed E-state index contributed by atoms with van der Waals surface area (Å²) in [6.45, 7) is 1.96. The van der Waals surface area contributed by atoms with Crippen LogP contribution >= 0.6 is 11.3 Å². The molecule has 5 nitrogen and oxygen atoms in total. The zero-order valence-corrected chi connectivity index (χ0v) is 10.6. The SMILES string of the molecule is Cc1cccc2sc(NC(=O)CCC(=O)O)nc12. The molecule has 18 heavy (non-hydrogen) atoms. The van der Waals surface area contributed by atoms with Crippen LogP contribution in [0.25, 0.3) is 10.2 Å². The summed E-state index contributed by atoms with van der Waals surface area (Å²) in [6, 6.07) is 5.83. The number of amides is 1. The lowest BCUT2D eigenvalue weighted by Gasteiger charge is -1.98. The van der Waals surface area contributed by atoms with E-state index >= 15 is 0 Å². The van der Waals surface area contributed by atoms with E-state index in [4.69, 9.17) is 5.11 Å². The molecule has 0 aliphatic heterocycles. The van der Waals surface area contributed by atoms with Crippen LogP contribution < -0.4 is 5.32 Å². The first-order valence-electron chi connectivity index (χ1n) is 5.44. The average molecular weight is 264 g/mol. The topological polar surface area (TPSA) is 79.3 Å². The molecule has 0 aliphatic carbocycles. The van der Waals surface area contributed by atoms with Gasteiger partial charge in [-0.2, -0.15) is 0 Å². The third-order valence-corrected chi connectivity index (χ3v) is 3.37. The predicted octanol–water partition coefficient (Wildman–Crippen LogP) is 2.41. The second-order valence-electron chi connectivity index (χ2n) is 3.88. The number of fused-ring (bicyclic) bond motifs is 1. The number of carboxylic acids is 1. The number of aryl methyl sites for hydroxylation is 1. The van der Waals surface area contributed by atoms with E-state index in [-0.39, 0.29) is 18.7 Å². The predicted molar refractivity (Wildman–Crippen MR) is 69.9 cm³/mol. The van der Waals surface area contributed by atoms with Crippen LogP contribution in [0.15, 0.2) is 18.2 Å². The molecule has 0 aliphatic rings. The number of rotatable bonds is 4. The lowest BCUT2D eigenvalue weighted by molar-refractivity contribution is -0.138. The number of aromatic nitrogens is 1. The molecule has 0 fully saturated rings. The quantitative estimate of drug-likeness (QED) is 0.888. The van der Waals surface area contributed by atoms with Gasteiger partial charge in [-0.25, -0.2) is 4.98 Å². The van der Waals surface area contributed by atoms with Gasteiger partial charge in [-0.15, -0.1) is 0 Å². The van der Waals surface area contributed by atoms with Crippen molar-refractivity contribution < 1.29 is 14.7 Å². The summed E-state index contributed by atoms with van der Waals surface area (Å²) in [5.41, 5.74) is 1.92. The van der Waals surface area contributed by atoms with Gasteiger partial charge in [-0.3, -0.25) is 9.59 Å². The molecule has 1 aromatic carbocycles. The maximum Gasteiger partial charge on any atom is 0.303 e. The van der Waals surface area contributed by atoms with Gasteiger partial charge in [0.15, 0.2) is 5.13 Å². The Morgan fingerprint density at radius 2 is 2.17 bits per heavy atom. The molecule has 2 aromatic rings. The summed E-state index contributed by atoms with van der Waals surface area (Å²) >= 11 is 1.38. The van der Waals surface area contributed by atoms with E-state index in [0.717, 1.165) is 15.8 Å². The molecule has 1 aromatic heterocycles. The summed E-state index contributed by atoms with van der Waals surface area (Å²) in [6.07, 6.45) is -0.208. The van der Waals surface area contributed by atoms with Crippen molar-refractivity contribution in [1.29, 1.82) is 0 Å². The van der Waals surface area contributed by atoms with E-state index in [2.05, 4.69) is 10.3 Å². The van der Waals surface area contributed by atoms with Gasteiger partial charge >= 0.3 is 5.97 Å². The molecule has 0 saturated heterocycles. The molecular weight excluding hydrogens is 252 g/mol. The summed E-state index contributed by atoms with van der Waals surface area (Å²) in [4.78, 5) is 26.1. The van der Waals surface area contributed by atoms with Gasteiger partial charge in [0.05, 0.1) is 16.6 Å². The van der Waals surface area contributed by atoms with Crippen LogP contribution in [0, 0.1) is 6.92 Å². The fourth-order valence-corrected chi connectivity index (χ4v) is 2.50. The average Bonchev–Trinajstić information content (AvgIpc) is 2.70. The first-order chi connectivity index (χ1) is 8.56. The smallest absolute Gasteiger partial charge is 0.303 e. The van der Waals surface area contributed by atoms with Gasteiger partial charge in [0, 0.05) is 6.42 Å². The second-order valence-corrected chi connectivity index (χ2v) is 4.91. The minimum Gasteiger partial charge on any atom is -0.481 e. The lowest BCUT2D eigenvalue weighted by Crippen LogP contribution is -2.12. The van der Waals surface area contributed by atoms with Crippen molar-refractivity contribution in [2.45, 2.75) is 19.8 Å². The third-order valence-electron chi connectivity index (χ3n) is 2.43. The standard InChI is InChI=1S/C12H12N2O3S/c1-7-3-2-4-8-11(7)14-12(18-8)13-9(15)5-6-10(16)17/h2-4H,5-6H2,1H3,(H,16,17)(H,13,14,15). The van der Waals surface area contributed by atoms with Crippen LogP contribution in [0.3, 0.4) is 0 Å². The number of thiazole rings is 1. The highest BCUT2D eigenvalue weighted by Crippen LogP contribution is 2.27. The zero-order valence-electron chi connectivity index (χ0n) is 9.77. The molecule has 2 N–H and O–H groups in total. The van der Waals surface area contributed by atoms with Crippen LogP contribution in [-0.2, 0) is 9.59 Å². The number of carbonyl (C=O) groups is 2. The molecule has 1 amide bonds. The molecular formula is C12H12N2O3S. The van der Waals surface area contributed by atoms with Crippen LogP contribution in [0.2, 0.25) is 0 Å². The first-order valence-corrected chi connectivity index (χ1v) is 6.25. The fraction of sp³-hybridized carbons (Fsp3) is 0.250. The Bertz CT molecular complexity index is 606. The number of nitrogens with zero attached hydrogens (tertiary/aromatic N) is 1. The molecule has 6 heteroatoms. The monoisotopic (exact) mass is 264 g/mol. The molecule has 2 rings (SSSR count).